The number of carbonyl (C=O) groups excluding carboxylic acids is 1. The zero-order valence-electron chi connectivity index (χ0n) is 12.2. The first-order valence-electron chi connectivity index (χ1n) is 6.81. The van der Waals surface area contributed by atoms with Crippen LogP contribution in [0.2, 0.25) is 0 Å². The van der Waals surface area contributed by atoms with E-state index in [-0.39, 0.29) is 11.9 Å². The third kappa shape index (κ3) is 4.53. The largest absolute Gasteiger partial charge is 0.346 e. The Balaban J connectivity index is 2.08. The maximum atomic E-state index is 12.3. The number of hydrogen-bond donors (Lipinski definition) is 1. The summed E-state index contributed by atoms with van der Waals surface area (Å²) in [4.78, 5) is 12.3. The van der Waals surface area contributed by atoms with Gasteiger partial charge in [0.1, 0.15) is 0 Å². The fraction of sp³-hybridized carbons (Fsp3) is 0.235. The fourth-order valence-corrected chi connectivity index (χ4v) is 2.79. The average molecular weight is 301 g/mol. The summed E-state index contributed by atoms with van der Waals surface area (Å²) >= 11 is 0. The lowest BCUT2D eigenvalue weighted by atomic mass is 10.1. The van der Waals surface area contributed by atoms with Crippen LogP contribution in [0.4, 0.5) is 0 Å². The van der Waals surface area contributed by atoms with Crippen LogP contribution in [0, 0.1) is 0 Å². The molecule has 0 saturated carbocycles. The average Bonchev–Trinajstić information content (AvgIpc) is 2.47. The number of carbonyl (C=O) groups is 1. The lowest BCUT2D eigenvalue weighted by Gasteiger charge is -2.14. The summed E-state index contributed by atoms with van der Waals surface area (Å²) in [5.74, 6) is 0.352. The standard InChI is InChI=1S/C17H19NO2S/c1-13(15-8-4-3-5-9-15)18-17(19)16-10-6-7-14(11-16)12-21(2)20/h3-11,13H,12H2,1-2H3,(H,18,19)/t13-,21-/m1/s1. The van der Waals surface area contributed by atoms with Gasteiger partial charge in [0.25, 0.3) is 5.91 Å². The second-order valence-electron chi connectivity index (χ2n) is 5.02. The Morgan fingerprint density at radius 1 is 1.14 bits per heavy atom. The molecular formula is C17H19NO2S. The Morgan fingerprint density at radius 2 is 1.86 bits per heavy atom. The molecule has 0 radical (unpaired) electrons. The van der Waals surface area contributed by atoms with Crippen molar-refractivity contribution in [1.82, 2.24) is 5.32 Å². The van der Waals surface area contributed by atoms with Crippen LogP contribution in [0.5, 0.6) is 0 Å². The number of nitrogens with one attached hydrogen (secondary N) is 1. The van der Waals surface area contributed by atoms with Crippen molar-refractivity contribution in [3.05, 3.63) is 71.3 Å². The molecule has 0 fully saturated rings. The van der Waals surface area contributed by atoms with E-state index in [1.165, 1.54) is 0 Å². The highest BCUT2D eigenvalue weighted by atomic mass is 32.2. The molecule has 21 heavy (non-hydrogen) atoms. The molecule has 0 aliphatic heterocycles. The van der Waals surface area contributed by atoms with Crippen LogP contribution in [0.1, 0.15) is 34.5 Å². The first-order valence-corrected chi connectivity index (χ1v) is 8.54. The van der Waals surface area contributed by atoms with Crippen LogP contribution < -0.4 is 5.32 Å². The molecule has 1 amide bonds. The normalized spacial score (nSPS) is 13.4. The maximum absolute atomic E-state index is 12.3. The molecule has 2 rings (SSSR count). The van der Waals surface area contributed by atoms with Gasteiger partial charge < -0.3 is 5.32 Å². The number of amides is 1. The lowest BCUT2D eigenvalue weighted by molar-refractivity contribution is 0.0940. The molecule has 0 bridgehead atoms. The van der Waals surface area contributed by atoms with Crippen molar-refractivity contribution >= 4 is 16.7 Å². The van der Waals surface area contributed by atoms with E-state index >= 15 is 0 Å². The highest BCUT2D eigenvalue weighted by Gasteiger charge is 2.11. The van der Waals surface area contributed by atoms with E-state index in [1.807, 2.05) is 49.4 Å². The predicted molar refractivity (Wildman–Crippen MR) is 86.5 cm³/mol. The van der Waals surface area contributed by atoms with Crippen molar-refractivity contribution in [3.63, 3.8) is 0 Å². The quantitative estimate of drug-likeness (QED) is 0.922. The van der Waals surface area contributed by atoms with Gasteiger partial charge >= 0.3 is 0 Å². The molecule has 0 aliphatic carbocycles. The van der Waals surface area contributed by atoms with Gasteiger partial charge in [0.15, 0.2) is 0 Å². The molecule has 0 saturated heterocycles. The molecule has 2 aromatic rings. The van der Waals surface area contributed by atoms with Crippen molar-refractivity contribution < 1.29 is 9.00 Å². The first-order chi connectivity index (χ1) is 10.1. The molecule has 3 nitrogen and oxygen atoms in total. The third-order valence-electron chi connectivity index (χ3n) is 3.21. The summed E-state index contributed by atoms with van der Waals surface area (Å²) in [5, 5.41) is 2.98. The highest BCUT2D eigenvalue weighted by Crippen LogP contribution is 2.13. The van der Waals surface area contributed by atoms with E-state index in [2.05, 4.69) is 5.32 Å². The van der Waals surface area contributed by atoms with Crippen LogP contribution in [0.15, 0.2) is 54.6 Å². The molecule has 1 N–H and O–H groups in total. The van der Waals surface area contributed by atoms with E-state index in [4.69, 9.17) is 0 Å². The Labute approximate surface area is 127 Å². The summed E-state index contributed by atoms with van der Waals surface area (Å²) in [7, 11) is -0.910. The van der Waals surface area contributed by atoms with E-state index in [0.29, 0.717) is 11.3 Å². The first kappa shape index (κ1) is 15.4. The van der Waals surface area contributed by atoms with Gasteiger partial charge in [0.05, 0.1) is 6.04 Å². The summed E-state index contributed by atoms with van der Waals surface area (Å²) in [6, 6.07) is 17.1. The smallest absolute Gasteiger partial charge is 0.251 e. The van der Waals surface area contributed by atoms with Crippen molar-refractivity contribution in [1.29, 1.82) is 0 Å². The van der Waals surface area contributed by atoms with Gasteiger partial charge in [-0.3, -0.25) is 9.00 Å². The van der Waals surface area contributed by atoms with Crippen LogP contribution in [-0.2, 0) is 16.6 Å². The Bertz CT molecular complexity index is 640. The fourth-order valence-electron chi connectivity index (χ4n) is 2.14. The van der Waals surface area contributed by atoms with E-state index in [1.54, 1.807) is 18.4 Å². The zero-order chi connectivity index (χ0) is 15.2. The van der Waals surface area contributed by atoms with Gasteiger partial charge in [0, 0.05) is 28.4 Å². The molecule has 0 heterocycles. The monoisotopic (exact) mass is 301 g/mol. The molecule has 0 aromatic heterocycles. The van der Waals surface area contributed by atoms with Crippen LogP contribution >= 0.6 is 0 Å². The third-order valence-corrected chi connectivity index (χ3v) is 3.95. The molecule has 0 aliphatic rings. The Hall–Kier alpha value is -1.94. The van der Waals surface area contributed by atoms with Crippen molar-refractivity contribution in [3.8, 4) is 0 Å². The summed E-state index contributed by atoms with van der Waals surface area (Å²) < 4.78 is 11.3. The van der Waals surface area contributed by atoms with Gasteiger partial charge in [-0.05, 0) is 30.2 Å². The molecule has 110 valence electrons. The van der Waals surface area contributed by atoms with Crippen molar-refractivity contribution in [2.45, 2.75) is 18.7 Å². The SMILES string of the molecule is C[C@@H](NC(=O)c1cccc(C[S@@](C)=O)c1)c1ccccc1. The molecule has 0 spiro atoms. The molecule has 4 heteroatoms. The molecular weight excluding hydrogens is 282 g/mol. The summed E-state index contributed by atoms with van der Waals surface area (Å²) in [6.07, 6.45) is 1.66. The summed E-state index contributed by atoms with van der Waals surface area (Å²) in [5.41, 5.74) is 2.58. The molecule has 0 unspecified atom stereocenters. The van der Waals surface area contributed by atoms with E-state index in [0.717, 1.165) is 11.1 Å². The second kappa shape index (κ2) is 7.18. The van der Waals surface area contributed by atoms with Crippen molar-refractivity contribution in [2.75, 3.05) is 6.26 Å². The van der Waals surface area contributed by atoms with Gasteiger partial charge in [-0.15, -0.1) is 0 Å². The molecule has 2 aromatic carbocycles. The minimum Gasteiger partial charge on any atom is -0.346 e. The second-order valence-corrected chi connectivity index (χ2v) is 6.46. The zero-order valence-corrected chi connectivity index (χ0v) is 13.0. The van der Waals surface area contributed by atoms with E-state index < -0.39 is 10.8 Å². The van der Waals surface area contributed by atoms with Crippen LogP contribution in [-0.4, -0.2) is 16.4 Å². The highest BCUT2D eigenvalue weighted by molar-refractivity contribution is 7.83. The molecule has 2 atom stereocenters. The summed E-state index contributed by atoms with van der Waals surface area (Å²) in [6.45, 7) is 1.96. The number of hydrogen-bond acceptors (Lipinski definition) is 2. The minimum atomic E-state index is -0.910. The Morgan fingerprint density at radius 3 is 2.52 bits per heavy atom. The van der Waals surface area contributed by atoms with Crippen molar-refractivity contribution in [2.24, 2.45) is 0 Å². The number of benzene rings is 2. The van der Waals surface area contributed by atoms with Gasteiger partial charge in [-0.2, -0.15) is 0 Å². The van der Waals surface area contributed by atoms with Crippen LogP contribution in [0.25, 0.3) is 0 Å². The maximum Gasteiger partial charge on any atom is 0.251 e. The van der Waals surface area contributed by atoms with Crippen LogP contribution in [0.3, 0.4) is 0 Å². The van der Waals surface area contributed by atoms with Gasteiger partial charge in [-0.25, -0.2) is 0 Å². The van der Waals surface area contributed by atoms with E-state index in [9.17, 15) is 9.00 Å². The number of rotatable bonds is 5. The minimum absolute atomic E-state index is 0.0531. The topological polar surface area (TPSA) is 46.2 Å². The van der Waals surface area contributed by atoms with Gasteiger partial charge in [-0.1, -0.05) is 42.5 Å². The Kier molecular flexibility index (Phi) is 5.28. The van der Waals surface area contributed by atoms with Gasteiger partial charge in [0.2, 0.25) is 0 Å². The predicted octanol–water partition coefficient (Wildman–Crippen LogP) is 3.06. The lowest BCUT2D eigenvalue weighted by Crippen LogP contribution is -2.26.